The van der Waals surface area contributed by atoms with E-state index in [1.807, 2.05) is 0 Å². The van der Waals surface area contributed by atoms with Crippen LogP contribution < -0.4 is 5.73 Å². The minimum Gasteiger partial charge on any atom is -0.479 e. The molecule has 1 aliphatic rings. The fraction of sp³-hybridized carbons (Fsp3) is 0.800. The van der Waals surface area contributed by atoms with Crippen molar-refractivity contribution in [2.45, 2.75) is 24.5 Å². The number of aliphatic carboxylic acids is 1. The Kier molecular flexibility index (Phi) is 1.22. The topological polar surface area (TPSA) is 83.5 Å². The molecule has 1 saturated carbocycles. The van der Waals surface area contributed by atoms with Crippen molar-refractivity contribution in [3.8, 4) is 0 Å². The van der Waals surface area contributed by atoms with Gasteiger partial charge in [-0.05, 0) is 12.8 Å². The van der Waals surface area contributed by atoms with Gasteiger partial charge in [0.05, 0.1) is 0 Å². The zero-order valence-electron chi connectivity index (χ0n) is 4.87. The van der Waals surface area contributed by atoms with Gasteiger partial charge in [0.1, 0.15) is 0 Å². The Morgan fingerprint density at radius 2 is 2.33 bits per heavy atom. The maximum atomic E-state index is 10.2. The number of hydrogen-bond donors (Lipinski definition) is 3. The van der Waals surface area contributed by atoms with E-state index in [4.69, 9.17) is 15.9 Å². The standard InChI is InChI=1S/C5H9NO3/c6-3-1-2-5(3,9)4(7)8/h3,9H,1-2,6H2,(H,7,8). The van der Waals surface area contributed by atoms with Crippen LogP contribution in [0.1, 0.15) is 12.8 Å². The Bertz CT molecular complexity index is 147. The van der Waals surface area contributed by atoms with Crippen LogP contribution in [-0.2, 0) is 4.79 Å². The van der Waals surface area contributed by atoms with E-state index in [0.717, 1.165) is 0 Å². The third kappa shape index (κ3) is 0.710. The van der Waals surface area contributed by atoms with Gasteiger partial charge in [-0.1, -0.05) is 0 Å². The number of rotatable bonds is 1. The summed E-state index contributed by atoms with van der Waals surface area (Å²) in [5, 5.41) is 17.4. The minimum absolute atomic E-state index is 0.281. The van der Waals surface area contributed by atoms with Gasteiger partial charge < -0.3 is 15.9 Å². The fourth-order valence-corrected chi connectivity index (χ4v) is 0.850. The summed E-state index contributed by atoms with van der Waals surface area (Å²) >= 11 is 0. The van der Waals surface area contributed by atoms with Crippen molar-refractivity contribution in [2.75, 3.05) is 0 Å². The summed E-state index contributed by atoms with van der Waals surface area (Å²) in [6.07, 6.45) is 0.881. The van der Waals surface area contributed by atoms with E-state index < -0.39 is 17.6 Å². The highest BCUT2D eigenvalue weighted by atomic mass is 16.4. The Morgan fingerprint density at radius 3 is 2.33 bits per heavy atom. The number of nitrogens with two attached hydrogens (primary N) is 1. The average Bonchev–Trinajstić information content (AvgIpc) is 1.82. The molecular formula is C5H9NO3. The average molecular weight is 131 g/mol. The normalized spacial score (nSPS) is 41.8. The predicted molar refractivity (Wildman–Crippen MR) is 29.8 cm³/mol. The number of carboxylic acids is 1. The van der Waals surface area contributed by atoms with E-state index in [-0.39, 0.29) is 6.42 Å². The smallest absolute Gasteiger partial charge is 0.337 e. The van der Waals surface area contributed by atoms with Crippen LogP contribution in [0.4, 0.5) is 0 Å². The van der Waals surface area contributed by atoms with Crippen molar-refractivity contribution in [1.29, 1.82) is 0 Å². The lowest BCUT2D eigenvalue weighted by Crippen LogP contribution is -2.61. The van der Waals surface area contributed by atoms with Crippen LogP contribution in [0.2, 0.25) is 0 Å². The first-order valence-electron chi connectivity index (χ1n) is 2.79. The predicted octanol–water partition coefficient (Wildman–Crippen LogP) is -1.08. The zero-order chi connectivity index (χ0) is 7.07. The quantitative estimate of drug-likeness (QED) is 0.423. The van der Waals surface area contributed by atoms with Gasteiger partial charge >= 0.3 is 5.97 Å². The highest BCUT2D eigenvalue weighted by Crippen LogP contribution is 2.30. The first-order valence-corrected chi connectivity index (χ1v) is 2.79. The molecule has 4 N–H and O–H groups in total. The molecule has 0 aromatic heterocycles. The van der Waals surface area contributed by atoms with E-state index in [1.54, 1.807) is 0 Å². The minimum atomic E-state index is -1.62. The fourth-order valence-electron chi connectivity index (χ4n) is 0.850. The Labute approximate surface area is 52.3 Å². The lowest BCUT2D eigenvalue weighted by molar-refractivity contribution is -0.170. The third-order valence-electron chi connectivity index (χ3n) is 1.82. The van der Waals surface area contributed by atoms with Crippen molar-refractivity contribution < 1.29 is 15.0 Å². The summed E-state index contributed by atoms with van der Waals surface area (Å²) in [5.41, 5.74) is 3.60. The highest BCUT2D eigenvalue weighted by molar-refractivity contribution is 5.79. The Balaban J connectivity index is 2.64. The van der Waals surface area contributed by atoms with Crippen molar-refractivity contribution in [2.24, 2.45) is 5.73 Å². The summed E-state index contributed by atoms with van der Waals surface area (Å²) in [6, 6.07) is -0.574. The summed E-state index contributed by atoms with van der Waals surface area (Å²) in [4.78, 5) is 10.2. The lowest BCUT2D eigenvalue weighted by Gasteiger charge is -2.38. The molecular weight excluding hydrogens is 122 g/mol. The lowest BCUT2D eigenvalue weighted by atomic mass is 9.75. The molecule has 0 heterocycles. The van der Waals surface area contributed by atoms with Crippen molar-refractivity contribution in [3.05, 3.63) is 0 Å². The molecule has 0 aliphatic heterocycles. The molecule has 4 nitrogen and oxygen atoms in total. The molecule has 2 atom stereocenters. The molecule has 1 rings (SSSR count). The van der Waals surface area contributed by atoms with Crippen LogP contribution >= 0.6 is 0 Å². The maximum Gasteiger partial charge on any atom is 0.337 e. The van der Waals surface area contributed by atoms with Gasteiger partial charge in [-0.25, -0.2) is 4.79 Å². The first kappa shape index (κ1) is 6.51. The Morgan fingerprint density at radius 1 is 1.78 bits per heavy atom. The van der Waals surface area contributed by atoms with Gasteiger partial charge in [-0.2, -0.15) is 0 Å². The van der Waals surface area contributed by atoms with Crippen LogP contribution in [0.3, 0.4) is 0 Å². The molecule has 0 spiro atoms. The Hall–Kier alpha value is -0.610. The molecule has 0 bridgehead atoms. The van der Waals surface area contributed by atoms with E-state index in [2.05, 4.69) is 0 Å². The molecule has 0 aromatic rings. The van der Waals surface area contributed by atoms with Gasteiger partial charge in [-0.3, -0.25) is 0 Å². The summed E-state index contributed by atoms with van der Waals surface area (Å²) in [7, 11) is 0. The van der Waals surface area contributed by atoms with Gasteiger partial charge in [0.25, 0.3) is 0 Å². The monoisotopic (exact) mass is 131 g/mol. The maximum absolute atomic E-state index is 10.2. The largest absolute Gasteiger partial charge is 0.479 e. The van der Waals surface area contributed by atoms with E-state index in [0.29, 0.717) is 6.42 Å². The molecule has 0 amide bonds. The van der Waals surface area contributed by atoms with E-state index in [1.165, 1.54) is 0 Å². The first-order chi connectivity index (χ1) is 4.07. The van der Waals surface area contributed by atoms with Crippen molar-refractivity contribution >= 4 is 5.97 Å². The summed E-state index contributed by atoms with van der Waals surface area (Å²) in [6.45, 7) is 0. The van der Waals surface area contributed by atoms with Gasteiger partial charge in [0.2, 0.25) is 0 Å². The summed E-state index contributed by atoms with van der Waals surface area (Å²) < 4.78 is 0. The molecule has 1 fully saturated rings. The van der Waals surface area contributed by atoms with Crippen LogP contribution in [-0.4, -0.2) is 27.8 Å². The molecule has 52 valence electrons. The van der Waals surface area contributed by atoms with Crippen LogP contribution in [0.25, 0.3) is 0 Å². The number of carboxylic acid groups (broad SMARTS) is 1. The van der Waals surface area contributed by atoms with E-state index in [9.17, 15) is 4.79 Å². The SMILES string of the molecule is NC1CCC1(O)C(=O)O. The van der Waals surface area contributed by atoms with E-state index >= 15 is 0 Å². The molecule has 2 unspecified atom stereocenters. The van der Waals surface area contributed by atoms with Gasteiger partial charge in [-0.15, -0.1) is 0 Å². The number of hydrogen-bond acceptors (Lipinski definition) is 3. The summed E-state index contributed by atoms with van der Waals surface area (Å²) in [5.74, 6) is -1.21. The molecule has 0 radical (unpaired) electrons. The highest BCUT2D eigenvalue weighted by Gasteiger charge is 2.49. The number of aliphatic hydroxyl groups is 1. The second-order valence-electron chi connectivity index (χ2n) is 2.37. The second-order valence-corrected chi connectivity index (χ2v) is 2.37. The molecule has 0 saturated heterocycles. The third-order valence-corrected chi connectivity index (χ3v) is 1.82. The van der Waals surface area contributed by atoms with Crippen LogP contribution in [0, 0.1) is 0 Å². The van der Waals surface area contributed by atoms with Crippen LogP contribution in [0.5, 0.6) is 0 Å². The second kappa shape index (κ2) is 1.68. The molecule has 1 aliphatic carbocycles. The van der Waals surface area contributed by atoms with Crippen molar-refractivity contribution in [3.63, 3.8) is 0 Å². The molecule has 9 heavy (non-hydrogen) atoms. The van der Waals surface area contributed by atoms with Gasteiger partial charge in [0, 0.05) is 6.04 Å². The number of carbonyl (C=O) groups is 1. The van der Waals surface area contributed by atoms with Gasteiger partial charge in [0.15, 0.2) is 5.60 Å². The molecule has 0 aromatic carbocycles. The van der Waals surface area contributed by atoms with Crippen molar-refractivity contribution in [1.82, 2.24) is 0 Å². The molecule has 4 heteroatoms. The zero-order valence-corrected chi connectivity index (χ0v) is 4.87. The van der Waals surface area contributed by atoms with Crippen LogP contribution in [0.15, 0.2) is 0 Å².